The minimum Gasteiger partial charge on any atom is -0.477 e. The molecule has 184 valence electrons. The second kappa shape index (κ2) is 8.94. The highest BCUT2D eigenvalue weighted by Crippen LogP contribution is 2.46. The normalized spacial score (nSPS) is 11.7. The number of fused-ring (bicyclic) bond motifs is 2. The summed E-state index contributed by atoms with van der Waals surface area (Å²) in [7, 11) is 0. The number of aromatic nitrogens is 3. The topological polar surface area (TPSA) is 98.4 Å². The molecule has 2 N–H and O–H groups in total. The summed E-state index contributed by atoms with van der Waals surface area (Å²) in [5.41, 5.74) is 1.62. The number of pyridine rings is 1. The molecule has 0 saturated heterocycles. The summed E-state index contributed by atoms with van der Waals surface area (Å²) in [6, 6.07) is 16.3. The Balaban J connectivity index is 1.49. The van der Waals surface area contributed by atoms with Crippen molar-refractivity contribution in [1.29, 1.82) is 0 Å². The Hall–Kier alpha value is -4.92. The molecule has 0 fully saturated rings. The van der Waals surface area contributed by atoms with Gasteiger partial charge in [-0.3, -0.25) is 4.79 Å². The van der Waals surface area contributed by atoms with Gasteiger partial charge in [-0.25, -0.2) is 14.2 Å². The fourth-order valence-corrected chi connectivity index (χ4v) is 4.64. The molecule has 5 aromatic rings. The maximum atomic E-state index is 15.3. The number of rotatable bonds is 7. The van der Waals surface area contributed by atoms with E-state index in [2.05, 4.69) is 10.3 Å². The molecule has 9 heteroatoms. The molecule has 3 heterocycles. The van der Waals surface area contributed by atoms with E-state index in [1.807, 2.05) is 53.2 Å². The Bertz CT molecular complexity index is 1710. The Morgan fingerprint density at radius 2 is 1.95 bits per heavy atom. The van der Waals surface area contributed by atoms with Gasteiger partial charge in [-0.05, 0) is 35.7 Å². The van der Waals surface area contributed by atoms with Gasteiger partial charge >= 0.3 is 5.97 Å². The number of carboxylic acids is 1. The van der Waals surface area contributed by atoms with Crippen LogP contribution in [0.5, 0.6) is 11.5 Å². The van der Waals surface area contributed by atoms with E-state index in [0.29, 0.717) is 36.5 Å². The first-order chi connectivity index (χ1) is 18.0. The van der Waals surface area contributed by atoms with Gasteiger partial charge in [0.2, 0.25) is 5.43 Å². The number of hydrogen-bond donors (Lipinski definition) is 2. The summed E-state index contributed by atoms with van der Waals surface area (Å²) in [6.45, 7) is 1.13. The smallest absolute Gasteiger partial charge is 0.341 e. The maximum absolute atomic E-state index is 15.3. The van der Waals surface area contributed by atoms with Crippen molar-refractivity contribution >= 4 is 22.6 Å². The van der Waals surface area contributed by atoms with Gasteiger partial charge < -0.3 is 24.3 Å². The lowest BCUT2D eigenvalue weighted by atomic mass is 10.0. The van der Waals surface area contributed by atoms with E-state index in [0.717, 1.165) is 17.2 Å². The third-order valence-electron chi connectivity index (χ3n) is 6.42. The van der Waals surface area contributed by atoms with Gasteiger partial charge in [-0.1, -0.05) is 36.4 Å². The van der Waals surface area contributed by atoms with Gasteiger partial charge in [-0.2, -0.15) is 0 Å². The highest BCUT2D eigenvalue weighted by Gasteiger charge is 2.28. The van der Waals surface area contributed by atoms with E-state index >= 15 is 4.39 Å². The van der Waals surface area contributed by atoms with Crippen LogP contribution in [0.15, 0.2) is 84.3 Å². The minimum absolute atomic E-state index is 0.0628. The highest BCUT2D eigenvalue weighted by molar-refractivity contribution is 5.99. The van der Waals surface area contributed by atoms with Crippen LogP contribution in [0.4, 0.5) is 10.1 Å². The molecule has 2 aromatic heterocycles. The largest absolute Gasteiger partial charge is 0.477 e. The molecule has 0 spiro atoms. The van der Waals surface area contributed by atoms with E-state index in [9.17, 15) is 14.7 Å². The van der Waals surface area contributed by atoms with Gasteiger partial charge in [-0.15, -0.1) is 0 Å². The minimum atomic E-state index is -1.38. The van der Waals surface area contributed by atoms with Crippen LogP contribution >= 0.6 is 0 Å². The van der Waals surface area contributed by atoms with Crippen LogP contribution < -0.4 is 15.5 Å². The summed E-state index contributed by atoms with van der Waals surface area (Å²) in [5, 5.41) is 12.7. The highest BCUT2D eigenvalue weighted by atomic mass is 19.1. The van der Waals surface area contributed by atoms with E-state index in [4.69, 9.17) is 4.74 Å². The lowest BCUT2D eigenvalue weighted by Gasteiger charge is -2.26. The number of benzene rings is 3. The average Bonchev–Trinajstić information content (AvgIpc) is 3.43. The molecule has 0 amide bonds. The van der Waals surface area contributed by atoms with Crippen molar-refractivity contribution in [3.8, 4) is 28.3 Å². The van der Waals surface area contributed by atoms with Crippen molar-refractivity contribution in [3.05, 3.63) is 101 Å². The summed E-state index contributed by atoms with van der Waals surface area (Å²) in [6.07, 6.45) is 7.23. The number of nitrogens with one attached hydrogen (secondary N) is 1. The molecule has 0 unspecified atom stereocenters. The Morgan fingerprint density at radius 1 is 1.11 bits per heavy atom. The number of carbonyl (C=O) groups is 1. The van der Waals surface area contributed by atoms with Gasteiger partial charge in [0.1, 0.15) is 16.8 Å². The fraction of sp³-hybridized carbons (Fsp3) is 0.107. The zero-order valence-corrected chi connectivity index (χ0v) is 19.5. The Kier molecular flexibility index (Phi) is 5.45. The first-order valence-electron chi connectivity index (χ1n) is 11.7. The molecule has 37 heavy (non-hydrogen) atoms. The van der Waals surface area contributed by atoms with Gasteiger partial charge in [0.25, 0.3) is 0 Å². The molecule has 0 atom stereocenters. The Labute approximate surface area is 210 Å². The lowest BCUT2D eigenvalue weighted by Crippen LogP contribution is -2.21. The molecule has 6 rings (SSSR count). The van der Waals surface area contributed by atoms with Gasteiger partial charge in [0.15, 0.2) is 17.3 Å². The second-order valence-corrected chi connectivity index (χ2v) is 8.74. The number of aromatic carboxylic acids is 1. The fourth-order valence-electron chi connectivity index (χ4n) is 4.64. The van der Waals surface area contributed by atoms with Crippen LogP contribution in [0.1, 0.15) is 16.8 Å². The molecule has 0 saturated carbocycles. The quantitative estimate of drug-likeness (QED) is 0.291. The number of ether oxygens (including phenoxy) is 1. The summed E-state index contributed by atoms with van der Waals surface area (Å²) < 4.78 is 25.1. The SMILES string of the molecule is O=C(O)c1cn2c3c(c(NCCCn4ccnc4)c(F)cc3c1=O)Oc1ccc(-c3ccccc3)cc1-2. The third kappa shape index (κ3) is 3.90. The number of anilines is 1. The third-order valence-corrected chi connectivity index (χ3v) is 6.42. The molecular weight excluding hydrogens is 475 g/mol. The number of nitrogens with zero attached hydrogens (tertiary/aromatic N) is 3. The van der Waals surface area contributed by atoms with Crippen molar-refractivity contribution in [2.45, 2.75) is 13.0 Å². The van der Waals surface area contributed by atoms with Crippen LogP contribution in [0.3, 0.4) is 0 Å². The van der Waals surface area contributed by atoms with E-state index in [1.54, 1.807) is 23.2 Å². The van der Waals surface area contributed by atoms with Crippen LogP contribution in [-0.4, -0.2) is 31.7 Å². The van der Waals surface area contributed by atoms with Gasteiger partial charge in [0.05, 0.1) is 17.4 Å². The van der Waals surface area contributed by atoms with Crippen LogP contribution in [0, 0.1) is 5.82 Å². The predicted octanol–water partition coefficient (Wildman–Crippen LogP) is 5.30. The molecule has 1 aliphatic rings. The first-order valence-corrected chi connectivity index (χ1v) is 11.7. The number of hydrogen-bond acceptors (Lipinski definition) is 5. The number of aryl methyl sites for hydroxylation is 1. The molecule has 0 radical (unpaired) electrons. The van der Waals surface area contributed by atoms with E-state index in [-0.39, 0.29) is 16.8 Å². The molecular formula is C28H21FN4O4. The summed E-state index contributed by atoms with van der Waals surface area (Å²) in [4.78, 5) is 28.9. The standard InChI is InChI=1S/C28H21FN4O4/c29-21-14-19-25-27(24(21)31-9-4-11-32-12-10-30-16-32)37-23-8-7-18(17-5-2-1-3-6-17)13-22(23)33(25)15-20(26(19)34)28(35)36/h1-3,5-8,10,12-16,31H,4,9,11H2,(H,35,36). The molecule has 8 nitrogen and oxygen atoms in total. The maximum Gasteiger partial charge on any atom is 0.341 e. The van der Waals surface area contributed by atoms with E-state index < -0.39 is 22.8 Å². The number of carboxylic acid groups (broad SMARTS) is 1. The molecule has 3 aromatic carbocycles. The molecule has 0 bridgehead atoms. The van der Waals surface area contributed by atoms with Crippen LogP contribution in [-0.2, 0) is 6.54 Å². The number of imidazole rings is 1. The monoisotopic (exact) mass is 496 g/mol. The Morgan fingerprint density at radius 3 is 2.70 bits per heavy atom. The second-order valence-electron chi connectivity index (χ2n) is 8.74. The van der Waals surface area contributed by atoms with Gasteiger partial charge in [0, 0.05) is 31.7 Å². The van der Waals surface area contributed by atoms with Crippen LogP contribution in [0.2, 0.25) is 0 Å². The summed E-state index contributed by atoms with van der Waals surface area (Å²) >= 11 is 0. The molecule has 1 aliphatic heterocycles. The molecule has 0 aliphatic carbocycles. The number of halogens is 1. The van der Waals surface area contributed by atoms with Crippen molar-refractivity contribution in [2.75, 3.05) is 11.9 Å². The van der Waals surface area contributed by atoms with Crippen molar-refractivity contribution in [3.63, 3.8) is 0 Å². The van der Waals surface area contributed by atoms with Crippen molar-refractivity contribution in [1.82, 2.24) is 14.1 Å². The zero-order chi connectivity index (χ0) is 25.5. The van der Waals surface area contributed by atoms with Crippen molar-refractivity contribution < 1.29 is 19.0 Å². The summed E-state index contributed by atoms with van der Waals surface area (Å²) in [5.74, 6) is -1.51. The average molecular weight is 496 g/mol. The predicted molar refractivity (Wildman–Crippen MR) is 137 cm³/mol. The lowest BCUT2D eigenvalue weighted by molar-refractivity contribution is 0.0695. The zero-order valence-electron chi connectivity index (χ0n) is 19.5. The van der Waals surface area contributed by atoms with E-state index in [1.165, 1.54) is 6.20 Å². The van der Waals surface area contributed by atoms with Crippen LogP contribution in [0.25, 0.3) is 27.7 Å². The van der Waals surface area contributed by atoms with Crippen molar-refractivity contribution in [2.24, 2.45) is 0 Å². The first kappa shape index (κ1) is 22.5.